The molecule has 0 N–H and O–H groups in total. The van der Waals surface area contributed by atoms with Crippen molar-refractivity contribution in [3.05, 3.63) is 170 Å². The SMILES string of the molecule is CC/C=C\C/C=C\C/C=C\C/C=C\C/C=C\C/C=C\C/C=C\C/C=C\C/C=C\CCCCCC(=O)OCC(COC(=O)CCCCCCCCCCC)OC(=O)CCC/C=C\C/C=C\C/C=C\C/C=C\C/C=C\CC. The van der Waals surface area contributed by atoms with Crippen LogP contribution in [0, 0.1) is 0 Å². The average Bonchev–Trinajstić information content (AvgIpc) is 3.41. The Morgan fingerprint density at radius 2 is 0.533 bits per heavy atom. The summed E-state index contributed by atoms with van der Waals surface area (Å²) in [5.74, 6) is -1.02. The summed E-state index contributed by atoms with van der Waals surface area (Å²) >= 11 is 0. The second-order valence-corrected chi connectivity index (χ2v) is 18.8. The lowest BCUT2D eigenvalue weighted by molar-refractivity contribution is -0.167. The number of carbonyl (C=O) groups is 3. The third kappa shape index (κ3) is 59.5. The summed E-state index contributed by atoms with van der Waals surface area (Å²) in [5, 5.41) is 0. The van der Waals surface area contributed by atoms with Gasteiger partial charge in [0, 0.05) is 19.3 Å². The van der Waals surface area contributed by atoms with E-state index in [1.165, 1.54) is 38.5 Å². The molecule has 0 saturated carbocycles. The summed E-state index contributed by atoms with van der Waals surface area (Å²) in [6, 6.07) is 0. The Labute approximate surface area is 460 Å². The number of esters is 3. The second kappa shape index (κ2) is 61.3. The highest BCUT2D eigenvalue weighted by atomic mass is 16.6. The number of rotatable bonds is 51. The molecule has 0 rings (SSSR count). The Morgan fingerprint density at radius 3 is 0.853 bits per heavy atom. The van der Waals surface area contributed by atoms with E-state index in [-0.39, 0.29) is 37.5 Å². The molecule has 418 valence electrons. The van der Waals surface area contributed by atoms with Crippen molar-refractivity contribution in [2.24, 2.45) is 0 Å². The van der Waals surface area contributed by atoms with E-state index in [0.29, 0.717) is 19.3 Å². The van der Waals surface area contributed by atoms with Crippen LogP contribution in [-0.2, 0) is 28.6 Å². The Hall–Kier alpha value is -5.23. The molecule has 0 radical (unpaired) electrons. The van der Waals surface area contributed by atoms with Gasteiger partial charge in [0.15, 0.2) is 6.10 Å². The van der Waals surface area contributed by atoms with Crippen molar-refractivity contribution in [3.8, 4) is 0 Å². The molecule has 0 spiro atoms. The van der Waals surface area contributed by atoms with Gasteiger partial charge in [-0.25, -0.2) is 0 Å². The minimum absolute atomic E-state index is 0.118. The Bertz CT molecular complexity index is 1750. The van der Waals surface area contributed by atoms with Gasteiger partial charge in [0.05, 0.1) is 0 Å². The van der Waals surface area contributed by atoms with Crippen LogP contribution in [0.4, 0.5) is 0 Å². The second-order valence-electron chi connectivity index (χ2n) is 18.8. The molecule has 0 aromatic carbocycles. The van der Waals surface area contributed by atoms with E-state index in [4.69, 9.17) is 14.2 Å². The van der Waals surface area contributed by atoms with Gasteiger partial charge in [-0.2, -0.15) is 0 Å². The largest absolute Gasteiger partial charge is 0.462 e. The molecule has 0 amide bonds. The summed E-state index contributed by atoms with van der Waals surface area (Å²) in [6.07, 6.45) is 90.8. The Kier molecular flexibility index (Phi) is 57.0. The fourth-order valence-electron chi connectivity index (χ4n) is 7.35. The van der Waals surface area contributed by atoms with Crippen molar-refractivity contribution in [1.29, 1.82) is 0 Å². The van der Waals surface area contributed by atoms with Crippen LogP contribution >= 0.6 is 0 Å². The minimum atomic E-state index is -0.828. The van der Waals surface area contributed by atoms with Gasteiger partial charge < -0.3 is 14.2 Å². The normalized spacial score (nSPS) is 13.4. The fourth-order valence-corrected chi connectivity index (χ4v) is 7.35. The van der Waals surface area contributed by atoms with E-state index < -0.39 is 6.10 Å². The number of ether oxygens (including phenoxy) is 3. The first-order valence-corrected chi connectivity index (χ1v) is 29.6. The van der Waals surface area contributed by atoms with E-state index >= 15 is 0 Å². The zero-order chi connectivity index (χ0) is 54.3. The van der Waals surface area contributed by atoms with Crippen LogP contribution in [0.15, 0.2) is 170 Å². The summed E-state index contributed by atoms with van der Waals surface area (Å²) in [4.78, 5) is 38.0. The molecule has 0 aromatic heterocycles. The number of unbranched alkanes of at least 4 members (excludes halogenated alkanes) is 12. The van der Waals surface area contributed by atoms with Gasteiger partial charge in [-0.3, -0.25) is 14.4 Å². The van der Waals surface area contributed by atoms with E-state index in [9.17, 15) is 14.4 Å². The van der Waals surface area contributed by atoms with E-state index in [2.05, 4.69) is 191 Å². The lowest BCUT2D eigenvalue weighted by atomic mass is 10.1. The molecule has 75 heavy (non-hydrogen) atoms. The fraction of sp³-hybridized carbons (Fsp3) is 0.551. The van der Waals surface area contributed by atoms with Crippen molar-refractivity contribution < 1.29 is 28.6 Å². The van der Waals surface area contributed by atoms with Crippen LogP contribution in [0.5, 0.6) is 0 Å². The molecule has 0 aromatic rings. The highest BCUT2D eigenvalue weighted by Gasteiger charge is 2.19. The molecule has 0 aliphatic rings. The first-order valence-electron chi connectivity index (χ1n) is 29.6. The van der Waals surface area contributed by atoms with Crippen LogP contribution < -0.4 is 0 Å². The summed E-state index contributed by atoms with van der Waals surface area (Å²) < 4.78 is 16.7. The zero-order valence-electron chi connectivity index (χ0n) is 47.7. The van der Waals surface area contributed by atoms with E-state index in [1.807, 2.05) is 0 Å². The molecular formula is C69H106O6. The monoisotopic (exact) mass is 1030 g/mol. The van der Waals surface area contributed by atoms with Crippen LogP contribution in [0.25, 0.3) is 0 Å². The summed E-state index contributed by atoms with van der Waals surface area (Å²) in [5.41, 5.74) is 0. The van der Waals surface area contributed by atoms with Crippen LogP contribution in [0.3, 0.4) is 0 Å². The zero-order valence-corrected chi connectivity index (χ0v) is 47.7. The number of carbonyl (C=O) groups excluding carboxylic acids is 3. The predicted octanol–water partition coefficient (Wildman–Crippen LogP) is 20.3. The van der Waals surface area contributed by atoms with Crippen molar-refractivity contribution in [2.45, 2.75) is 232 Å². The predicted molar refractivity (Wildman–Crippen MR) is 325 cm³/mol. The molecule has 6 heteroatoms. The highest BCUT2D eigenvalue weighted by Crippen LogP contribution is 2.13. The van der Waals surface area contributed by atoms with E-state index in [1.54, 1.807) is 0 Å². The lowest BCUT2D eigenvalue weighted by Gasteiger charge is -2.18. The van der Waals surface area contributed by atoms with Crippen LogP contribution in [0.2, 0.25) is 0 Å². The highest BCUT2D eigenvalue weighted by molar-refractivity contribution is 5.71. The van der Waals surface area contributed by atoms with Gasteiger partial charge in [0.2, 0.25) is 0 Å². The Morgan fingerprint density at radius 1 is 0.280 bits per heavy atom. The molecule has 6 nitrogen and oxygen atoms in total. The van der Waals surface area contributed by atoms with Crippen molar-refractivity contribution in [2.75, 3.05) is 13.2 Å². The average molecular weight is 1030 g/mol. The van der Waals surface area contributed by atoms with Gasteiger partial charge in [-0.15, -0.1) is 0 Å². The lowest BCUT2D eigenvalue weighted by Crippen LogP contribution is -2.30. The first kappa shape index (κ1) is 69.8. The van der Waals surface area contributed by atoms with Crippen LogP contribution in [-0.4, -0.2) is 37.2 Å². The molecule has 0 saturated heterocycles. The van der Waals surface area contributed by atoms with Gasteiger partial charge in [0.25, 0.3) is 0 Å². The van der Waals surface area contributed by atoms with Crippen molar-refractivity contribution >= 4 is 17.9 Å². The minimum Gasteiger partial charge on any atom is -0.462 e. The maximum Gasteiger partial charge on any atom is 0.306 e. The van der Waals surface area contributed by atoms with Crippen molar-refractivity contribution in [3.63, 3.8) is 0 Å². The standard InChI is InChI=1S/C69H106O6/c1-4-7-10-13-16-19-21-23-25-27-28-29-30-31-32-33-34-35-36-37-38-39-40-42-43-45-47-50-53-56-59-62-68(71)74-65-66(64-73-67(70)61-58-55-52-49-18-15-12-9-6-3)75-69(72)63-60-57-54-51-48-46-44-41-26-24-22-20-17-14-11-8-5-2/h7-8,10-11,16-17,19-20,23-26,28-29,31-32,34-35,37-38,40,42,44-47,51,54,66H,4-6,9,12-15,18,21-22,27,30,33,36,39,41,43,48-50,52-53,55-65H2,1-3H3/b10-7-,11-8-,19-16-,20-17-,25-23-,26-24-,29-28-,32-31-,35-34-,38-37-,42-40-,46-44-,47-45-,54-51-. The number of allylic oxidation sites excluding steroid dienone is 28. The first-order chi connectivity index (χ1) is 37.0. The molecule has 0 aliphatic heterocycles. The number of hydrogen-bond donors (Lipinski definition) is 0. The molecular weight excluding hydrogens is 925 g/mol. The van der Waals surface area contributed by atoms with Crippen LogP contribution in [0.1, 0.15) is 226 Å². The number of hydrogen-bond acceptors (Lipinski definition) is 6. The topological polar surface area (TPSA) is 78.9 Å². The third-order valence-corrected chi connectivity index (χ3v) is 11.7. The summed E-state index contributed by atoms with van der Waals surface area (Å²) in [7, 11) is 0. The molecule has 0 heterocycles. The van der Waals surface area contributed by atoms with E-state index in [0.717, 1.165) is 141 Å². The quantitative estimate of drug-likeness (QED) is 0.0261. The molecule has 1 atom stereocenters. The molecule has 0 fully saturated rings. The smallest absolute Gasteiger partial charge is 0.306 e. The molecule has 1 unspecified atom stereocenters. The maximum absolute atomic E-state index is 12.8. The van der Waals surface area contributed by atoms with Gasteiger partial charge in [-0.1, -0.05) is 249 Å². The molecule has 0 bridgehead atoms. The van der Waals surface area contributed by atoms with Crippen molar-refractivity contribution in [1.82, 2.24) is 0 Å². The third-order valence-electron chi connectivity index (χ3n) is 11.7. The summed E-state index contributed by atoms with van der Waals surface area (Å²) in [6.45, 7) is 6.29. The molecule has 0 aliphatic carbocycles. The van der Waals surface area contributed by atoms with Gasteiger partial charge in [0.1, 0.15) is 13.2 Å². The van der Waals surface area contributed by atoms with Gasteiger partial charge >= 0.3 is 17.9 Å². The maximum atomic E-state index is 12.8. The van der Waals surface area contributed by atoms with Gasteiger partial charge in [-0.05, 0) is 128 Å². The Balaban J connectivity index is 4.40.